The number of aromatic nitrogens is 1. The Morgan fingerprint density at radius 1 is 1.25 bits per heavy atom. The summed E-state index contributed by atoms with van der Waals surface area (Å²) in [6.45, 7) is 6.72. The molecule has 2 heterocycles. The summed E-state index contributed by atoms with van der Waals surface area (Å²) >= 11 is 0. The molecule has 1 N–H and O–H groups in total. The molecule has 0 spiro atoms. The van der Waals surface area contributed by atoms with Gasteiger partial charge in [0.25, 0.3) is 5.91 Å². The SMILES string of the molecule is CCCN(C(=O)c1ccc(-c2ccccc2)nc1C)C1CCNC1. The molecule has 4 nitrogen and oxygen atoms in total. The number of hydrogen-bond donors (Lipinski definition) is 1. The van der Waals surface area contributed by atoms with Crippen LogP contribution in [0.15, 0.2) is 42.5 Å². The molecule has 1 aliphatic rings. The minimum Gasteiger partial charge on any atom is -0.334 e. The van der Waals surface area contributed by atoms with E-state index in [9.17, 15) is 4.79 Å². The van der Waals surface area contributed by atoms with Crippen LogP contribution < -0.4 is 5.32 Å². The van der Waals surface area contributed by atoms with Crippen LogP contribution in [0, 0.1) is 6.92 Å². The van der Waals surface area contributed by atoms with Crippen molar-refractivity contribution >= 4 is 5.91 Å². The Balaban J connectivity index is 1.86. The van der Waals surface area contributed by atoms with E-state index in [1.807, 2.05) is 54.3 Å². The van der Waals surface area contributed by atoms with E-state index in [0.717, 1.165) is 55.0 Å². The number of nitrogens with one attached hydrogen (secondary N) is 1. The number of amides is 1. The lowest BCUT2D eigenvalue weighted by molar-refractivity contribution is 0.0691. The highest BCUT2D eigenvalue weighted by atomic mass is 16.2. The summed E-state index contributed by atoms with van der Waals surface area (Å²) in [5.41, 5.74) is 3.50. The summed E-state index contributed by atoms with van der Waals surface area (Å²) < 4.78 is 0. The van der Waals surface area contributed by atoms with Gasteiger partial charge in [-0.1, -0.05) is 37.3 Å². The van der Waals surface area contributed by atoms with E-state index >= 15 is 0 Å². The molecule has 3 rings (SSSR count). The van der Waals surface area contributed by atoms with Crippen molar-refractivity contribution in [2.75, 3.05) is 19.6 Å². The van der Waals surface area contributed by atoms with Crippen LogP contribution in [0.25, 0.3) is 11.3 Å². The Morgan fingerprint density at radius 2 is 2.04 bits per heavy atom. The Labute approximate surface area is 143 Å². The molecule has 1 unspecified atom stereocenters. The molecule has 1 atom stereocenters. The lowest BCUT2D eigenvalue weighted by Gasteiger charge is -2.28. The largest absolute Gasteiger partial charge is 0.334 e. The fourth-order valence-electron chi connectivity index (χ4n) is 3.31. The van der Waals surface area contributed by atoms with Crippen LogP contribution in [0.4, 0.5) is 0 Å². The van der Waals surface area contributed by atoms with Crippen LogP contribution >= 0.6 is 0 Å². The van der Waals surface area contributed by atoms with Crippen LogP contribution in [-0.2, 0) is 0 Å². The molecule has 1 aliphatic heterocycles. The molecule has 1 aromatic carbocycles. The Morgan fingerprint density at radius 3 is 2.67 bits per heavy atom. The summed E-state index contributed by atoms with van der Waals surface area (Å²) in [5, 5.41) is 3.35. The zero-order valence-corrected chi connectivity index (χ0v) is 14.5. The summed E-state index contributed by atoms with van der Waals surface area (Å²) in [4.78, 5) is 19.7. The van der Waals surface area contributed by atoms with Crippen LogP contribution in [0.3, 0.4) is 0 Å². The number of rotatable bonds is 5. The highest BCUT2D eigenvalue weighted by Crippen LogP contribution is 2.21. The number of hydrogen-bond acceptors (Lipinski definition) is 3. The third-order valence-corrected chi connectivity index (χ3v) is 4.59. The van der Waals surface area contributed by atoms with Crippen LogP contribution in [0.2, 0.25) is 0 Å². The van der Waals surface area contributed by atoms with E-state index in [1.165, 1.54) is 0 Å². The fourth-order valence-corrected chi connectivity index (χ4v) is 3.31. The van der Waals surface area contributed by atoms with Gasteiger partial charge < -0.3 is 10.2 Å². The van der Waals surface area contributed by atoms with E-state index in [-0.39, 0.29) is 5.91 Å². The second-order valence-electron chi connectivity index (χ2n) is 6.34. The topological polar surface area (TPSA) is 45.2 Å². The monoisotopic (exact) mass is 323 g/mol. The van der Waals surface area contributed by atoms with Gasteiger partial charge >= 0.3 is 0 Å². The minimum atomic E-state index is 0.107. The Hall–Kier alpha value is -2.20. The smallest absolute Gasteiger partial charge is 0.255 e. The van der Waals surface area contributed by atoms with Gasteiger partial charge in [-0.2, -0.15) is 0 Å². The summed E-state index contributed by atoms with van der Waals surface area (Å²) in [7, 11) is 0. The number of carbonyl (C=O) groups is 1. The molecule has 126 valence electrons. The van der Waals surface area contributed by atoms with Crippen LogP contribution in [0.1, 0.15) is 35.8 Å². The molecule has 1 fully saturated rings. The van der Waals surface area contributed by atoms with Crippen molar-refractivity contribution in [2.45, 2.75) is 32.7 Å². The van der Waals surface area contributed by atoms with Gasteiger partial charge in [-0.15, -0.1) is 0 Å². The molecule has 0 aliphatic carbocycles. The van der Waals surface area contributed by atoms with Crippen molar-refractivity contribution in [3.8, 4) is 11.3 Å². The molecule has 24 heavy (non-hydrogen) atoms. The van der Waals surface area contributed by atoms with E-state index in [1.54, 1.807) is 0 Å². The lowest BCUT2D eigenvalue weighted by atomic mass is 10.1. The van der Waals surface area contributed by atoms with Gasteiger partial charge in [0.15, 0.2) is 0 Å². The summed E-state index contributed by atoms with van der Waals surface area (Å²) in [6.07, 6.45) is 2.00. The highest BCUT2D eigenvalue weighted by Gasteiger charge is 2.27. The molecule has 0 radical (unpaired) electrons. The van der Waals surface area contributed by atoms with Gasteiger partial charge in [0.1, 0.15) is 0 Å². The first kappa shape index (κ1) is 16.7. The van der Waals surface area contributed by atoms with Crippen LogP contribution in [-0.4, -0.2) is 41.5 Å². The molecular formula is C20H25N3O. The van der Waals surface area contributed by atoms with Gasteiger partial charge in [-0.3, -0.25) is 9.78 Å². The predicted octanol–water partition coefficient (Wildman–Crippen LogP) is 3.27. The van der Waals surface area contributed by atoms with Crippen molar-refractivity contribution in [2.24, 2.45) is 0 Å². The number of nitrogens with zero attached hydrogens (tertiary/aromatic N) is 2. The first-order valence-electron chi connectivity index (χ1n) is 8.75. The standard InChI is InChI=1S/C20H25N3O/c1-3-13-23(17-11-12-21-14-17)20(24)18-9-10-19(22-15(18)2)16-7-5-4-6-8-16/h4-10,17,21H,3,11-14H2,1-2H3. The molecule has 1 aromatic heterocycles. The number of pyridine rings is 1. The van der Waals surface area contributed by atoms with Gasteiger partial charge in [-0.25, -0.2) is 0 Å². The average molecular weight is 323 g/mol. The third-order valence-electron chi connectivity index (χ3n) is 4.59. The number of benzene rings is 1. The van der Waals surface area contributed by atoms with Crippen molar-refractivity contribution < 1.29 is 4.79 Å². The van der Waals surface area contributed by atoms with Crippen molar-refractivity contribution in [3.05, 3.63) is 53.7 Å². The van der Waals surface area contributed by atoms with Gasteiger partial charge in [0.2, 0.25) is 0 Å². The van der Waals surface area contributed by atoms with Crippen molar-refractivity contribution in [1.82, 2.24) is 15.2 Å². The van der Waals surface area contributed by atoms with Gasteiger partial charge in [-0.05, 0) is 38.4 Å². The molecule has 2 aromatic rings. The second-order valence-corrected chi connectivity index (χ2v) is 6.34. The van der Waals surface area contributed by atoms with E-state index in [2.05, 4.69) is 17.2 Å². The number of aryl methyl sites for hydroxylation is 1. The maximum absolute atomic E-state index is 13.0. The third kappa shape index (κ3) is 3.49. The fraction of sp³-hybridized carbons (Fsp3) is 0.400. The van der Waals surface area contributed by atoms with E-state index < -0.39 is 0 Å². The minimum absolute atomic E-state index is 0.107. The van der Waals surface area contributed by atoms with Gasteiger partial charge in [0, 0.05) is 24.7 Å². The normalized spacial score (nSPS) is 17.0. The maximum atomic E-state index is 13.0. The predicted molar refractivity (Wildman–Crippen MR) is 97.0 cm³/mol. The summed E-state index contributed by atoms with van der Waals surface area (Å²) in [6, 6.07) is 14.2. The molecule has 0 bridgehead atoms. The second kappa shape index (κ2) is 7.58. The zero-order chi connectivity index (χ0) is 16.9. The van der Waals surface area contributed by atoms with E-state index in [0.29, 0.717) is 6.04 Å². The lowest BCUT2D eigenvalue weighted by Crippen LogP contribution is -2.42. The average Bonchev–Trinajstić information content (AvgIpc) is 3.14. The Kier molecular flexibility index (Phi) is 5.26. The first-order valence-corrected chi connectivity index (χ1v) is 8.75. The molecule has 4 heteroatoms. The molecule has 1 amide bonds. The van der Waals surface area contributed by atoms with E-state index in [4.69, 9.17) is 0 Å². The quantitative estimate of drug-likeness (QED) is 0.918. The maximum Gasteiger partial charge on any atom is 0.255 e. The summed E-state index contributed by atoms with van der Waals surface area (Å²) in [5.74, 6) is 0.107. The molecule has 1 saturated heterocycles. The van der Waals surface area contributed by atoms with Crippen molar-refractivity contribution in [3.63, 3.8) is 0 Å². The molecule has 0 saturated carbocycles. The van der Waals surface area contributed by atoms with Gasteiger partial charge in [0.05, 0.1) is 17.0 Å². The zero-order valence-electron chi connectivity index (χ0n) is 14.5. The van der Waals surface area contributed by atoms with Crippen LogP contribution in [0.5, 0.6) is 0 Å². The first-order chi connectivity index (χ1) is 11.7. The molecular weight excluding hydrogens is 298 g/mol. The number of carbonyl (C=O) groups excluding carboxylic acids is 1. The van der Waals surface area contributed by atoms with Crippen molar-refractivity contribution in [1.29, 1.82) is 0 Å². The highest BCUT2D eigenvalue weighted by molar-refractivity contribution is 5.95. The Bertz CT molecular complexity index is 693.